The van der Waals surface area contributed by atoms with Crippen molar-refractivity contribution in [2.45, 2.75) is 57.7 Å². The fourth-order valence-corrected chi connectivity index (χ4v) is 3.06. The summed E-state index contributed by atoms with van der Waals surface area (Å²) >= 11 is 0. The molecule has 1 heterocycles. The van der Waals surface area contributed by atoms with Gasteiger partial charge in [0.15, 0.2) is 0 Å². The number of halogens is 1. The molecule has 0 aromatic heterocycles. The van der Waals surface area contributed by atoms with E-state index in [4.69, 9.17) is 0 Å². The molecule has 1 aliphatic carbocycles. The number of anilines is 1. The minimum absolute atomic E-state index is 0.0756. The van der Waals surface area contributed by atoms with Crippen LogP contribution >= 0.6 is 0 Å². The molecule has 0 radical (unpaired) electrons. The van der Waals surface area contributed by atoms with Gasteiger partial charge in [-0.1, -0.05) is 6.07 Å². The molecule has 1 N–H and O–H groups in total. The molecule has 1 aromatic carbocycles. The number of nitrogens with one attached hydrogen (secondary N) is 1. The number of hydrogen-bond acceptors (Lipinski definition) is 2. The van der Waals surface area contributed by atoms with Crippen LogP contribution in [0.5, 0.6) is 0 Å². The highest BCUT2D eigenvalue weighted by Gasteiger charge is 2.33. The Kier molecular flexibility index (Phi) is 3.25. The maximum Gasteiger partial charge on any atom is 0.129 e. The topological polar surface area (TPSA) is 15.3 Å². The van der Waals surface area contributed by atoms with Gasteiger partial charge in [0.25, 0.3) is 0 Å². The number of rotatable bonds is 4. The van der Waals surface area contributed by atoms with Gasteiger partial charge in [0.05, 0.1) is 0 Å². The minimum atomic E-state index is -0.0756. The van der Waals surface area contributed by atoms with E-state index in [0.29, 0.717) is 12.6 Å². The number of hydrogen-bond donors (Lipinski definition) is 1. The van der Waals surface area contributed by atoms with Gasteiger partial charge >= 0.3 is 0 Å². The average Bonchev–Trinajstić information content (AvgIpc) is 3.11. The van der Waals surface area contributed by atoms with Crippen molar-refractivity contribution >= 4 is 5.69 Å². The Morgan fingerprint density at radius 3 is 2.79 bits per heavy atom. The monoisotopic (exact) mass is 262 g/mol. The predicted octanol–water partition coefficient (Wildman–Crippen LogP) is 3.46. The lowest BCUT2D eigenvalue weighted by molar-refractivity contribution is 0.512. The van der Waals surface area contributed by atoms with Crippen molar-refractivity contribution in [3.8, 4) is 0 Å². The molecular formula is C16H23FN2. The van der Waals surface area contributed by atoms with Crippen molar-refractivity contribution in [2.75, 3.05) is 11.4 Å². The molecular weight excluding hydrogens is 239 g/mol. The number of benzene rings is 1. The SMILES string of the molecule is CC1(C)CCCN1c1cccc(F)c1CNC1CC1. The molecule has 2 aliphatic rings. The molecule has 1 saturated heterocycles. The molecule has 0 unspecified atom stereocenters. The lowest BCUT2D eigenvalue weighted by atomic mass is 10.0. The van der Waals surface area contributed by atoms with Crippen LogP contribution in [0.4, 0.5) is 10.1 Å². The van der Waals surface area contributed by atoms with Crippen LogP contribution in [0.3, 0.4) is 0 Å². The zero-order valence-corrected chi connectivity index (χ0v) is 11.9. The molecule has 2 fully saturated rings. The van der Waals surface area contributed by atoms with Gasteiger partial charge < -0.3 is 10.2 Å². The average molecular weight is 262 g/mol. The summed E-state index contributed by atoms with van der Waals surface area (Å²) in [6.45, 7) is 6.19. The van der Waals surface area contributed by atoms with Gasteiger partial charge in [-0.3, -0.25) is 0 Å². The Hall–Kier alpha value is -1.09. The minimum Gasteiger partial charge on any atom is -0.366 e. The van der Waals surface area contributed by atoms with Gasteiger partial charge in [0.1, 0.15) is 5.82 Å². The van der Waals surface area contributed by atoms with E-state index in [-0.39, 0.29) is 11.4 Å². The maximum atomic E-state index is 14.2. The van der Waals surface area contributed by atoms with Crippen molar-refractivity contribution in [1.29, 1.82) is 0 Å². The molecule has 19 heavy (non-hydrogen) atoms. The first-order chi connectivity index (χ1) is 9.08. The summed E-state index contributed by atoms with van der Waals surface area (Å²) in [6, 6.07) is 6.09. The Bertz CT molecular complexity index is 466. The van der Waals surface area contributed by atoms with Crippen LogP contribution in [-0.4, -0.2) is 18.1 Å². The van der Waals surface area contributed by atoms with Crippen LogP contribution < -0.4 is 10.2 Å². The third-order valence-corrected chi connectivity index (χ3v) is 4.43. The normalized spacial score (nSPS) is 21.9. The van der Waals surface area contributed by atoms with Gasteiger partial charge in [-0.05, 0) is 51.7 Å². The summed E-state index contributed by atoms with van der Waals surface area (Å²) in [7, 11) is 0. The van der Waals surface area contributed by atoms with Crippen molar-refractivity contribution in [3.05, 3.63) is 29.6 Å². The second-order valence-corrected chi connectivity index (χ2v) is 6.46. The summed E-state index contributed by atoms with van der Waals surface area (Å²) in [4.78, 5) is 2.37. The second kappa shape index (κ2) is 4.78. The highest BCUT2D eigenvalue weighted by molar-refractivity contribution is 5.57. The summed E-state index contributed by atoms with van der Waals surface area (Å²) < 4.78 is 14.2. The molecule has 0 spiro atoms. The Labute approximate surface area is 115 Å². The Morgan fingerprint density at radius 2 is 2.16 bits per heavy atom. The standard InChI is InChI=1S/C16H23FN2/c1-16(2)9-4-10-19(16)15-6-3-5-14(17)13(15)11-18-12-7-8-12/h3,5-6,12,18H,4,7-11H2,1-2H3. The van der Waals surface area contributed by atoms with Gasteiger partial charge in [-0.15, -0.1) is 0 Å². The van der Waals surface area contributed by atoms with Crippen LogP contribution in [0.25, 0.3) is 0 Å². The fourth-order valence-electron chi connectivity index (χ4n) is 3.06. The van der Waals surface area contributed by atoms with Crippen molar-refractivity contribution < 1.29 is 4.39 Å². The second-order valence-electron chi connectivity index (χ2n) is 6.46. The van der Waals surface area contributed by atoms with Crippen molar-refractivity contribution in [3.63, 3.8) is 0 Å². The quantitative estimate of drug-likeness (QED) is 0.894. The third-order valence-electron chi connectivity index (χ3n) is 4.43. The summed E-state index contributed by atoms with van der Waals surface area (Å²) in [5, 5.41) is 3.44. The summed E-state index contributed by atoms with van der Waals surface area (Å²) in [6.07, 6.45) is 4.84. The first-order valence-corrected chi connectivity index (χ1v) is 7.36. The molecule has 1 aliphatic heterocycles. The van der Waals surface area contributed by atoms with Gasteiger partial charge in [0, 0.05) is 35.9 Å². The first-order valence-electron chi connectivity index (χ1n) is 7.36. The highest BCUT2D eigenvalue weighted by atomic mass is 19.1. The first kappa shape index (κ1) is 12.9. The zero-order valence-electron chi connectivity index (χ0n) is 11.9. The van der Waals surface area contributed by atoms with E-state index in [1.54, 1.807) is 6.07 Å². The van der Waals surface area contributed by atoms with Gasteiger partial charge in [-0.2, -0.15) is 0 Å². The van der Waals surface area contributed by atoms with Crippen molar-refractivity contribution in [1.82, 2.24) is 5.32 Å². The van der Waals surface area contributed by atoms with Crippen molar-refractivity contribution in [2.24, 2.45) is 0 Å². The van der Waals surface area contributed by atoms with E-state index in [1.165, 1.54) is 25.7 Å². The Balaban J connectivity index is 1.88. The summed E-state index contributed by atoms with van der Waals surface area (Å²) in [5.41, 5.74) is 2.06. The molecule has 0 amide bonds. The van der Waals surface area contributed by atoms with E-state index in [9.17, 15) is 4.39 Å². The Morgan fingerprint density at radius 1 is 1.37 bits per heavy atom. The molecule has 0 bridgehead atoms. The predicted molar refractivity (Wildman–Crippen MR) is 76.9 cm³/mol. The van der Waals surface area contributed by atoms with Crippen LogP contribution in [0.15, 0.2) is 18.2 Å². The van der Waals surface area contributed by atoms with E-state index >= 15 is 0 Å². The van der Waals surface area contributed by atoms with E-state index in [1.807, 2.05) is 6.07 Å². The highest BCUT2D eigenvalue weighted by Crippen LogP contribution is 2.36. The molecule has 1 saturated carbocycles. The molecule has 2 nitrogen and oxygen atoms in total. The maximum absolute atomic E-state index is 14.2. The smallest absolute Gasteiger partial charge is 0.129 e. The molecule has 3 rings (SSSR count). The zero-order chi connectivity index (χ0) is 13.5. The lowest BCUT2D eigenvalue weighted by Gasteiger charge is -2.35. The molecule has 1 aromatic rings. The van der Waals surface area contributed by atoms with Gasteiger partial charge in [0.2, 0.25) is 0 Å². The van der Waals surface area contributed by atoms with Crippen LogP contribution in [0, 0.1) is 5.82 Å². The summed E-state index contributed by atoms with van der Waals surface area (Å²) in [5.74, 6) is -0.0756. The fraction of sp³-hybridized carbons (Fsp3) is 0.625. The van der Waals surface area contributed by atoms with E-state index in [0.717, 1.165) is 17.8 Å². The molecule has 0 atom stereocenters. The number of nitrogens with zero attached hydrogens (tertiary/aromatic N) is 1. The van der Waals surface area contributed by atoms with E-state index < -0.39 is 0 Å². The van der Waals surface area contributed by atoms with Crippen LogP contribution in [-0.2, 0) is 6.54 Å². The molecule has 3 heteroatoms. The van der Waals surface area contributed by atoms with E-state index in [2.05, 4.69) is 30.1 Å². The van der Waals surface area contributed by atoms with Crippen LogP contribution in [0.1, 0.15) is 45.1 Å². The largest absolute Gasteiger partial charge is 0.366 e. The molecule has 104 valence electrons. The third kappa shape index (κ3) is 2.62. The van der Waals surface area contributed by atoms with Gasteiger partial charge in [-0.25, -0.2) is 4.39 Å². The van der Waals surface area contributed by atoms with Crippen LogP contribution in [0.2, 0.25) is 0 Å². The lowest BCUT2D eigenvalue weighted by Crippen LogP contribution is -2.39.